The van der Waals surface area contributed by atoms with Crippen molar-refractivity contribution in [3.63, 3.8) is 0 Å². The number of carbonyl (C=O) groups excluding carboxylic acids is 3. The third-order valence-electron chi connectivity index (χ3n) is 1.27. The Balaban J connectivity index is 3.61. The van der Waals surface area contributed by atoms with Crippen LogP contribution in [0.4, 0.5) is 4.79 Å². The van der Waals surface area contributed by atoms with E-state index >= 15 is 0 Å². The molecule has 0 fully saturated rings. The zero-order valence-electron chi connectivity index (χ0n) is 8.20. The van der Waals surface area contributed by atoms with Gasteiger partial charge in [-0.25, -0.2) is 15.6 Å². The number of carbonyl (C=O) groups is 3. The number of amides is 3. The number of nitrogens with zero attached hydrogens (tertiary/aromatic N) is 1. The van der Waals surface area contributed by atoms with Crippen LogP contribution in [0.5, 0.6) is 0 Å². The Morgan fingerprint density at radius 3 is 2.33 bits per heavy atom. The average molecular weight is 216 g/mol. The molecule has 0 rings (SSSR count). The van der Waals surface area contributed by atoms with Crippen molar-refractivity contribution in [2.24, 2.45) is 5.10 Å². The van der Waals surface area contributed by atoms with Crippen molar-refractivity contribution >= 4 is 24.6 Å². The fraction of sp³-hybridized carbons (Fsp3) is 0.429. The van der Waals surface area contributed by atoms with Crippen molar-refractivity contribution in [3.8, 4) is 0 Å². The summed E-state index contributed by atoms with van der Waals surface area (Å²) in [6.07, 6.45) is -0.917. The van der Waals surface area contributed by atoms with Crippen molar-refractivity contribution in [1.82, 2.24) is 16.3 Å². The van der Waals surface area contributed by atoms with E-state index in [1.807, 2.05) is 10.9 Å². The highest BCUT2D eigenvalue weighted by atomic mass is 16.5. The van der Waals surface area contributed by atoms with E-state index < -0.39 is 17.9 Å². The van der Waals surface area contributed by atoms with Crippen LogP contribution >= 0.6 is 0 Å². The fourth-order valence-corrected chi connectivity index (χ4v) is 0.605. The molecule has 0 heterocycles. The van der Waals surface area contributed by atoms with E-state index in [0.29, 0.717) is 0 Å². The minimum absolute atomic E-state index is 0.0479. The van der Waals surface area contributed by atoms with E-state index in [-0.39, 0.29) is 12.8 Å². The number of ether oxygens (including phenoxy) is 1. The Hall–Kier alpha value is -2.12. The molecule has 0 aliphatic carbocycles. The Kier molecular flexibility index (Phi) is 6.27. The summed E-state index contributed by atoms with van der Waals surface area (Å²) in [7, 11) is 1.16. The summed E-state index contributed by atoms with van der Waals surface area (Å²) in [6, 6.07) is 0. The van der Waals surface area contributed by atoms with Crippen LogP contribution in [-0.4, -0.2) is 31.7 Å². The number of methoxy groups -OCH3 is 1. The van der Waals surface area contributed by atoms with E-state index in [0.717, 1.165) is 7.11 Å². The molecular weight excluding hydrogens is 204 g/mol. The van der Waals surface area contributed by atoms with Gasteiger partial charge in [0.2, 0.25) is 11.8 Å². The van der Waals surface area contributed by atoms with Crippen LogP contribution in [-0.2, 0) is 14.3 Å². The number of hydrazine groups is 1. The maximum absolute atomic E-state index is 11.0. The van der Waals surface area contributed by atoms with Crippen molar-refractivity contribution < 1.29 is 19.1 Å². The van der Waals surface area contributed by atoms with Gasteiger partial charge in [0.15, 0.2) is 0 Å². The SMILES string of the molecule is C=NNC(=O)CCC(=O)NNC(=O)OC. The molecule has 0 saturated heterocycles. The number of hydrogen-bond donors (Lipinski definition) is 3. The quantitative estimate of drug-likeness (QED) is 0.408. The molecule has 0 unspecified atom stereocenters. The van der Waals surface area contributed by atoms with Gasteiger partial charge >= 0.3 is 6.09 Å². The molecule has 0 spiro atoms. The molecule has 0 aromatic rings. The van der Waals surface area contributed by atoms with Gasteiger partial charge in [-0.2, -0.15) is 5.10 Å². The molecule has 3 amide bonds. The van der Waals surface area contributed by atoms with Crippen LogP contribution in [0.25, 0.3) is 0 Å². The summed E-state index contributed by atoms with van der Waals surface area (Å²) >= 11 is 0. The highest BCUT2D eigenvalue weighted by molar-refractivity contribution is 5.84. The second-order valence-corrected chi connectivity index (χ2v) is 2.36. The molecule has 0 atom stereocenters. The van der Waals surface area contributed by atoms with Crippen LogP contribution in [0.2, 0.25) is 0 Å². The van der Waals surface area contributed by atoms with Crippen molar-refractivity contribution in [2.45, 2.75) is 12.8 Å². The average Bonchev–Trinajstić information content (AvgIpc) is 2.23. The highest BCUT2D eigenvalue weighted by Crippen LogP contribution is 1.87. The van der Waals surface area contributed by atoms with Gasteiger partial charge in [0, 0.05) is 19.6 Å². The summed E-state index contributed by atoms with van der Waals surface area (Å²) < 4.78 is 4.20. The predicted molar refractivity (Wildman–Crippen MR) is 50.6 cm³/mol. The maximum Gasteiger partial charge on any atom is 0.425 e. The van der Waals surface area contributed by atoms with Crippen molar-refractivity contribution in [1.29, 1.82) is 0 Å². The lowest BCUT2D eigenvalue weighted by Gasteiger charge is -2.04. The topological polar surface area (TPSA) is 109 Å². The Bertz CT molecular complexity index is 266. The lowest BCUT2D eigenvalue weighted by molar-refractivity contribution is -0.126. The van der Waals surface area contributed by atoms with E-state index in [4.69, 9.17) is 0 Å². The van der Waals surface area contributed by atoms with Gasteiger partial charge in [-0.1, -0.05) is 0 Å². The van der Waals surface area contributed by atoms with Crippen LogP contribution in [0.1, 0.15) is 12.8 Å². The molecule has 0 aromatic carbocycles. The lowest BCUT2D eigenvalue weighted by atomic mass is 10.3. The van der Waals surface area contributed by atoms with Gasteiger partial charge < -0.3 is 4.74 Å². The molecular formula is C7H12N4O4. The summed E-state index contributed by atoms with van der Waals surface area (Å²) in [5, 5.41) is 3.13. The van der Waals surface area contributed by atoms with Gasteiger partial charge in [0.1, 0.15) is 0 Å². The smallest absolute Gasteiger partial charge is 0.425 e. The second-order valence-electron chi connectivity index (χ2n) is 2.36. The molecule has 0 aliphatic rings. The molecule has 8 heteroatoms. The molecule has 0 saturated carbocycles. The summed E-state index contributed by atoms with van der Waals surface area (Å²) in [6.45, 7) is 3.04. The van der Waals surface area contributed by atoms with Crippen molar-refractivity contribution in [3.05, 3.63) is 0 Å². The first-order chi connectivity index (χ1) is 7.10. The van der Waals surface area contributed by atoms with E-state index in [2.05, 4.69) is 22.0 Å². The second kappa shape index (κ2) is 7.30. The monoisotopic (exact) mass is 216 g/mol. The molecule has 0 aliphatic heterocycles. The first kappa shape index (κ1) is 12.9. The molecule has 8 nitrogen and oxygen atoms in total. The third-order valence-corrected chi connectivity index (χ3v) is 1.27. The van der Waals surface area contributed by atoms with Gasteiger partial charge in [0.25, 0.3) is 0 Å². The van der Waals surface area contributed by atoms with Crippen LogP contribution in [0, 0.1) is 0 Å². The zero-order chi connectivity index (χ0) is 11.7. The molecule has 0 bridgehead atoms. The minimum atomic E-state index is -0.791. The van der Waals surface area contributed by atoms with E-state index in [9.17, 15) is 14.4 Å². The van der Waals surface area contributed by atoms with E-state index in [1.165, 1.54) is 0 Å². The predicted octanol–water partition coefficient (Wildman–Crippen LogP) is -1.11. The Morgan fingerprint density at radius 2 is 1.80 bits per heavy atom. The standard InChI is InChI=1S/C7H12N4O4/c1-8-9-5(12)3-4-6(13)10-11-7(14)15-2/h1,3-4H2,2H3,(H,9,12)(H,10,13)(H,11,14). The van der Waals surface area contributed by atoms with Crippen LogP contribution in [0.3, 0.4) is 0 Å². The van der Waals surface area contributed by atoms with E-state index in [1.54, 1.807) is 0 Å². The number of nitrogens with one attached hydrogen (secondary N) is 3. The Labute approximate surface area is 86.0 Å². The van der Waals surface area contributed by atoms with Crippen molar-refractivity contribution in [2.75, 3.05) is 7.11 Å². The maximum atomic E-state index is 11.0. The lowest BCUT2D eigenvalue weighted by Crippen LogP contribution is -2.41. The highest BCUT2D eigenvalue weighted by Gasteiger charge is 2.06. The summed E-state index contributed by atoms with van der Waals surface area (Å²) in [4.78, 5) is 32.3. The summed E-state index contributed by atoms with van der Waals surface area (Å²) in [5.74, 6) is -0.946. The first-order valence-corrected chi connectivity index (χ1v) is 3.97. The number of hydrazone groups is 1. The molecule has 0 aromatic heterocycles. The number of rotatable bonds is 4. The van der Waals surface area contributed by atoms with Crippen LogP contribution < -0.4 is 16.3 Å². The van der Waals surface area contributed by atoms with Gasteiger partial charge in [-0.3, -0.25) is 15.0 Å². The third kappa shape index (κ3) is 6.99. The number of hydrogen-bond acceptors (Lipinski definition) is 5. The Morgan fingerprint density at radius 1 is 1.20 bits per heavy atom. The fourth-order valence-electron chi connectivity index (χ4n) is 0.605. The normalized spacial score (nSPS) is 8.60. The molecule has 3 N–H and O–H groups in total. The van der Waals surface area contributed by atoms with Gasteiger partial charge in [0.05, 0.1) is 7.11 Å². The molecule has 15 heavy (non-hydrogen) atoms. The first-order valence-electron chi connectivity index (χ1n) is 3.97. The van der Waals surface area contributed by atoms with Gasteiger partial charge in [-0.05, 0) is 0 Å². The summed E-state index contributed by atoms with van der Waals surface area (Å²) in [5.41, 5.74) is 6.06. The zero-order valence-corrected chi connectivity index (χ0v) is 8.20. The molecule has 0 radical (unpaired) electrons. The van der Waals surface area contributed by atoms with Crippen LogP contribution in [0.15, 0.2) is 5.10 Å². The largest absolute Gasteiger partial charge is 0.452 e. The minimum Gasteiger partial charge on any atom is -0.452 e. The van der Waals surface area contributed by atoms with Gasteiger partial charge in [-0.15, -0.1) is 0 Å². The molecule has 84 valence electrons.